The first kappa shape index (κ1) is 25.7. The van der Waals surface area contributed by atoms with Crippen molar-refractivity contribution in [2.75, 3.05) is 54.1 Å². The third-order valence-corrected chi connectivity index (χ3v) is 6.11. The minimum atomic E-state index is -2.34. The number of hydrogen-bond acceptors (Lipinski definition) is 5. The van der Waals surface area contributed by atoms with Gasteiger partial charge in [-0.05, 0) is 60.2 Å². The summed E-state index contributed by atoms with van der Waals surface area (Å²) < 4.78 is 36.0. The van der Waals surface area contributed by atoms with E-state index in [1.807, 2.05) is 34.8 Å². The minimum absolute atomic E-state index is 0.0121. The van der Waals surface area contributed by atoms with Crippen molar-refractivity contribution in [2.45, 2.75) is 83.0 Å². The Kier molecular flexibility index (Phi) is 10.8. The summed E-state index contributed by atoms with van der Waals surface area (Å²) in [5, 5.41) is 2.85. The van der Waals surface area contributed by atoms with E-state index in [9.17, 15) is 8.78 Å². The lowest BCUT2D eigenvalue weighted by atomic mass is 9.97. The fraction of sp³-hybridized carbons (Fsp3) is 1.00. The zero-order valence-electron chi connectivity index (χ0n) is 19.1. The second-order valence-corrected chi connectivity index (χ2v) is 8.50. The molecule has 28 heavy (non-hydrogen) atoms. The molecular weight excluding hydrogens is 364 g/mol. The predicted molar refractivity (Wildman–Crippen MR) is 111 cm³/mol. The van der Waals surface area contributed by atoms with Crippen LogP contribution in [0.15, 0.2) is 0 Å². The number of alkyl halides is 2. The van der Waals surface area contributed by atoms with Gasteiger partial charge in [0.2, 0.25) is 0 Å². The molecule has 7 heteroatoms. The Balaban J connectivity index is 0.000000257. The molecule has 0 aliphatic carbocycles. The number of likely N-dealkylation sites (N-methyl/N-ethyl adjacent to an activating group) is 2. The van der Waals surface area contributed by atoms with Gasteiger partial charge in [-0.1, -0.05) is 13.8 Å². The number of fused-ring (bicyclic) bond motifs is 2. The van der Waals surface area contributed by atoms with E-state index >= 15 is 0 Å². The van der Waals surface area contributed by atoms with Gasteiger partial charge in [0.25, 0.3) is 6.43 Å². The lowest BCUT2D eigenvalue weighted by molar-refractivity contribution is -0.0390. The van der Waals surface area contributed by atoms with E-state index in [1.54, 1.807) is 0 Å². The van der Waals surface area contributed by atoms with Gasteiger partial charge < -0.3 is 19.7 Å². The first-order chi connectivity index (χ1) is 13.2. The maximum Gasteiger partial charge on any atom is 0.258 e. The van der Waals surface area contributed by atoms with Crippen LogP contribution in [0.5, 0.6) is 0 Å². The first-order valence-corrected chi connectivity index (χ1v) is 10.8. The maximum atomic E-state index is 12.7. The lowest BCUT2D eigenvalue weighted by Crippen LogP contribution is -2.61. The van der Waals surface area contributed by atoms with Crippen LogP contribution in [0.2, 0.25) is 0 Å². The van der Waals surface area contributed by atoms with Crippen LogP contribution < -0.4 is 5.32 Å². The number of ether oxygens (including phenoxy) is 2. The van der Waals surface area contributed by atoms with Crippen molar-refractivity contribution in [3.63, 3.8) is 0 Å². The highest BCUT2D eigenvalue weighted by Gasteiger charge is 2.48. The number of nitrogens with zero attached hydrogens (tertiary/aromatic N) is 2. The molecule has 3 fully saturated rings. The van der Waals surface area contributed by atoms with Crippen molar-refractivity contribution < 1.29 is 18.3 Å². The van der Waals surface area contributed by atoms with E-state index in [0.29, 0.717) is 18.5 Å². The Morgan fingerprint density at radius 3 is 2.32 bits per heavy atom. The molecule has 0 spiro atoms. The van der Waals surface area contributed by atoms with Gasteiger partial charge in [-0.3, -0.25) is 4.90 Å². The Morgan fingerprint density at radius 1 is 1.14 bits per heavy atom. The molecule has 0 aromatic rings. The molecule has 0 radical (unpaired) electrons. The summed E-state index contributed by atoms with van der Waals surface area (Å²) in [6.07, 6.45) is 1.63. The first-order valence-electron chi connectivity index (χ1n) is 10.8. The van der Waals surface area contributed by atoms with Crippen LogP contribution in [-0.2, 0) is 9.47 Å². The van der Waals surface area contributed by atoms with Crippen LogP contribution in [0.25, 0.3) is 0 Å². The molecule has 3 atom stereocenters. The average molecular weight is 408 g/mol. The average Bonchev–Trinajstić information content (AvgIpc) is 3.20. The Hall–Kier alpha value is -0.340. The number of likely N-dealkylation sites (tertiary alicyclic amines) is 1. The molecule has 3 aliphatic heterocycles. The van der Waals surface area contributed by atoms with Crippen molar-refractivity contribution in [2.24, 2.45) is 0 Å². The molecule has 0 amide bonds. The van der Waals surface area contributed by atoms with E-state index in [-0.39, 0.29) is 12.7 Å². The summed E-state index contributed by atoms with van der Waals surface area (Å²) in [5.74, 6) is 0. The van der Waals surface area contributed by atoms with Gasteiger partial charge in [-0.2, -0.15) is 0 Å². The molecule has 0 saturated carbocycles. The van der Waals surface area contributed by atoms with E-state index in [2.05, 4.69) is 29.2 Å². The molecule has 1 N–H and O–H groups in total. The molecule has 0 aromatic heterocycles. The zero-order chi connectivity index (χ0) is 21.4. The quantitative estimate of drug-likeness (QED) is 0.732. The van der Waals surface area contributed by atoms with Crippen LogP contribution in [0, 0.1) is 0 Å². The maximum absolute atomic E-state index is 12.7. The third kappa shape index (κ3) is 6.33. The summed E-state index contributed by atoms with van der Waals surface area (Å²) >= 11 is 0. The lowest BCUT2D eigenvalue weighted by Gasteiger charge is -2.46. The van der Waals surface area contributed by atoms with E-state index in [1.165, 1.54) is 19.4 Å². The summed E-state index contributed by atoms with van der Waals surface area (Å²) in [5.41, 5.74) is -0.767. The Morgan fingerprint density at radius 2 is 1.82 bits per heavy atom. The molecule has 2 bridgehead atoms. The third-order valence-electron chi connectivity index (χ3n) is 6.11. The second-order valence-electron chi connectivity index (χ2n) is 8.50. The molecular formula is C21H43F2N3O2. The Bertz CT molecular complexity index is 430. The van der Waals surface area contributed by atoms with E-state index in [0.717, 1.165) is 25.6 Å². The summed E-state index contributed by atoms with van der Waals surface area (Å²) in [7, 11) is 6.28. The van der Waals surface area contributed by atoms with Crippen LogP contribution in [-0.4, -0.2) is 93.5 Å². The van der Waals surface area contributed by atoms with Gasteiger partial charge in [-0.15, -0.1) is 0 Å². The number of methoxy groups -OCH3 is 1. The highest BCUT2D eigenvalue weighted by atomic mass is 19.3. The van der Waals surface area contributed by atoms with Crippen LogP contribution in [0.1, 0.15) is 53.4 Å². The summed E-state index contributed by atoms with van der Waals surface area (Å²) in [4.78, 5) is 4.98. The fourth-order valence-electron chi connectivity index (χ4n) is 4.53. The normalized spacial score (nSPS) is 32.9. The van der Waals surface area contributed by atoms with Gasteiger partial charge in [0, 0.05) is 26.2 Å². The highest BCUT2D eigenvalue weighted by molar-refractivity contribution is 5.05. The number of nitrogens with one attached hydrogen (secondary N) is 1. The van der Waals surface area contributed by atoms with Gasteiger partial charge in [0.15, 0.2) is 0 Å². The van der Waals surface area contributed by atoms with Crippen molar-refractivity contribution in [3.05, 3.63) is 0 Å². The largest absolute Gasteiger partial charge is 0.383 e. The smallest absolute Gasteiger partial charge is 0.258 e. The highest BCUT2D eigenvalue weighted by Crippen LogP contribution is 2.37. The molecule has 5 nitrogen and oxygen atoms in total. The topological polar surface area (TPSA) is 37.0 Å². The monoisotopic (exact) mass is 407 g/mol. The van der Waals surface area contributed by atoms with Crippen LogP contribution in [0.4, 0.5) is 8.78 Å². The summed E-state index contributed by atoms with van der Waals surface area (Å²) in [6, 6.07) is 0.758. The standard InChI is InChI=1S/C10H20N2O.C9H17F2NO.C2H6/c1-11-6-9-4-5-10(7-11,8-13-3)12(9)2;1-7(2)13-6-9(8(10)11)4-3-5-12-9;1-2/h9H,4-8H2,1-3H3;7-8,12H,3-6H2,1-2H3;1-2H3. The van der Waals surface area contributed by atoms with Crippen LogP contribution >= 0.6 is 0 Å². The van der Waals surface area contributed by atoms with Gasteiger partial charge >= 0.3 is 0 Å². The second kappa shape index (κ2) is 11.7. The van der Waals surface area contributed by atoms with Crippen molar-refractivity contribution in [1.82, 2.24) is 15.1 Å². The van der Waals surface area contributed by atoms with E-state index in [4.69, 9.17) is 9.47 Å². The van der Waals surface area contributed by atoms with Gasteiger partial charge in [-0.25, -0.2) is 8.78 Å². The minimum Gasteiger partial charge on any atom is -0.383 e. The summed E-state index contributed by atoms with van der Waals surface area (Å²) in [6.45, 7) is 11.8. The van der Waals surface area contributed by atoms with Crippen molar-refractivity contribution in [3.8, 4) is 0 Å². The van der Waals surface area contributed by atoms with Crippen molar-refractivity contribution >= 4 is 0 Å². The van der Waals surface area contributed by atoms with Crippen molar-refractivity contribution in [1.29, 1.82) is 0 Å². The number of rotatable bonds is 6. The Labute approximate surface area is 171 Å². The molecule has 3 rings (SSSR count). The SMILES string of the molecule is CC.CC(C)OCC1(C(F)F)CCCN1.COCC12CCC(CN(C)C1)N2C. The molecule has 3 aliphatic rings. The number of hydrogen-bond donors (Lipinski definition) is 1. The molecule has 3 heterocycles. The van der Waals surface area contributed by atoms with Crippen LogP contribution in [0.3, 0.4) is 0 Å². The predicted octanol–water partition coefficient (Wildman–Crippen LogP) is 3.24. The fourth-order valence-corrected chi connectivity index (χ4v) is 4.53. The van der Waals surface area contributed by atoms with Gasteiger partial charge in [0.1, 0.15) is 5.54 Å². The van der Waals surface area contributed by atoms with E-state index < -0.39 is 12.0 Å². The molecule has 3 saturated heterocycles. The number of piperazine rings is 1. The zero-order valence-corrected chi connectivity index (χ0v) is 19.1. The molecule has 168 valence electrons. The van der Waals surface area contributed by atoms with Gasteiger partial charge in [0.05, 0.1) is 24.9 Å². The number of halogens is 2. The molecule has 0 aromatic carbocycles. The molecule has 3 unspecified atom stereocenters.